The first-order valence-electron chi connectivity index (χ1n) is 9.00. The molecule has 0 unspecified atom stereocenters. The molecule has 0 saturated heterocycles. The van der Waals surface area contributed by atoms with E-state index in [1.165, 1.54) is 44.7 Å². The van der Waals surface area contributed by atoms with Crippen LogP contribution in [0.15, 0.2) is 76.7 Å². The number of rotatable bonds is 6. The van der Waals surface area contributed by atoms with Gasteiger partial charge < -0.3 is 14.5 Å². The van der Waals surface area contributed by atoms with Gasteiger partial charge in [0.25, 0.3) is 0 Å². The fourth-order valence-electron chi connectivity index (χ4n) is 3.21. The number of H-pyrrole nitrogens is 1. The lowest BCUT2D eigenvalue weighted by molar-refractivity contribution is 0.103. The zero-order valence-electron chi connectivity index (χ0n) is 16.2. The van der Waals surface area contributed by atoms with Gasteiger partial charge in [-0.15, -0.1) is 0 Å². The van der Waals surface area contributed by atoms with E-state index in [2.05, 4.69) is 9.97 Å². The summed E-state index contributed by atoms with van der Waals surface area (Å²) in [5.41, 5.74) is 1.12. The summed E-state index contributed by atoms with van der Waals surface area (Å²) in [5, 5.41) is 0. The quantitative estimate of drug-likeness (QED) is 0.476. The Hall–Kier alpha value is -3.65. The number of nitrogens with zero attached hydrogens (tertiary/aromatic N) is 1. The minimum absolute atomic E-state index is 0.0513. The zero-order valence-corrected chi connectivity index (χ0v) is 17.1. The highest BCUT2D eigenvalue weighted by Gasteiger charge is 2.24. The summed E-state index contributed by atoms with van der Waals surface area (Å²) in [6, 6.07) is 16.0. The van der Waals surface area contributed by atoms with Crippen LogP contribution in [0.3, 0.4) is 0 Å². The Labute approximate surface area is 173 Å². The number of pyridine rings is 1. The molecule has 4 rings (SSSR count). The Kier molecular flexibility index (Phi) is 5.01. The summed E-state index contributed by atoms with van der Waals surface area (Å²) in [6.07, 6.45) is 1.41. The summed E-state index contributed by atoms with van der Waals surface area (Å²) in [6.45, 7) is 0. The molecule has 4 aromatic rings. The molecule has 7 nitrogen and oxygen atoms in total. The van der Waals surface area contributed by atoms with Gasteiger partial charge in [-0.3, -0.25) is 9.78 Å². The fourth-order valence-corrected chi connectivity index (χ4v) is 4.65. The van der Waals surface area contributed by atoms with Crippen molar-refractivity contribution in [2.24, 2.45) is 0 Å². The third-order valence-electron chi connectivity index (χ3n) is 4.72. The predicted octanol–water partition coefficient (Wildman–Crippen LogP) is 3.64. The summed E-state index contributed by atoms with van der Waals surface area (Å²) < 4.78 is 36.7. The number of ether oxygens (including phenoxy) is 2. The number of benzene rings is 2. The molecule has 0 atom stereocenters. The molecule has 1 N–H and O–H groups in total. The molecule has 30 heavy (non-hydrogen) atoms. The van der Waals surface area contributed by atoms with Crippen LogP contribution in [0.2, 0.25) is 0 Å². The molecule has 0 fully saturated rings. The third kappa shape index (κ3) is 3.31. The van der Waals surface area contributed by atoms with E-state index in [1.807, 2.05) is 0 Å². The molecule has 0 radical (unpaired) electrons. The Balaban J connectivity index is 1.85. The molecular weight excluding hydrogens is 404 g/mol. The highest BCUT2D eigenvalue weighted by atomic mass is 32.2. The molecule has 0 spiro atoms. The van der Waals surface area contributed by atoms with E-state index in [1.54, 1.807) is 36.4 Å². The zero-order chi connectivity index (χ0) is 21.3. The summed E-state index contributed by atoms with van der Waals surface area (Å²) in [5.74, 6) is 0.511. The molecule has 0 saturated carbocycles. The van der Waals surface area contributed by atoms with E-state index in [4.69, 9.17) is 9.47 Å². The Bertz CT molecular complexity index is 1340. The number of ketones is 1. The lowest BCUT2D eigenvalue weighted by atomic mass is 10.1. The predicted molar refractivity (Wildman–Crippen MR) is 111 cm³/mol. The van der Waals surface area contributed by atoms with E-state index >= 15 is 0 Å². The van der Waals surface area contributed by atoms with E-state index in [0.29, 0.717) is 17.0 Å². The van der Waals surface area contributed by atoms with Crippen molar-refractivity contribution in [1.29, 1.82) is 0 Å². The molecule has 2 aromatic heterocycles. The Morgan fingerprint density at radius 2 is 1.73 bits per heavy atom. The van der Waals surface area contributed by atoms with Crippen molar-refractivity contribution in [2.75, 3.05) is 14.2 Å². The summed E-state index contributed by atoms with van der Waals surface area (Å²) in [7, 11) is -0.822. The molecule has 8 heteroatoms. The van der Waals surface area contributed by atoms with Gasteiger partial charge in [-0.2, -0.15) is 0 Å². The number of fused-ring (bicyclic) bond motifs is 1. The smallest absolute Gasteiger partial charge is 0.213 e. The lowest BCUT2D eigenvalue weighted by Crippen LogP contribution is -2.05. The average Bonchev–Trinajstić information content (AvgIpc) is 3.23. The van der Waals surface area contributed by atoms with Crippen molar-refractivity contribution >= 4 is 26.7 Å². The van der Waals surface area contributed by atoms with Crippen molar-refractivity contribution in [3.05, 3.63) is 78.1 Å². The normalized spacial score (nSPS) is 11.4. The van der Waals surface area contributed by atoms with E-state index in [-0.39, 0.29) is 32.3 Å². The van der Waals surface area contributed by atoms with Gasteiger partial charge in [-0.05, 0) is 42.5 Å². The van der Waals surface area contributed by atoms with Crippen LogP contribution < -0.4 is 9.47 Å². The molecule has 152 valence electrons. The summed E-state index contributed by atoms with van der Waals surface area (Å²) >= 11 is 0. The van der Waals surface area contributed by atoms with Crippen LogP contribution in [0.25, 0.3) is 11.0 Å². The highest BCUT2D eigenvalue weighted by Crippen LogP contribution is 2.30. The van der Waals surface area contributed by atoms with Gasteiger partial charge in [0.15, 0.2) is 0 Å². The van der Waals surface area contributed by atoms with Gasteiger partial charge in [-0.25, -0.2) is 8.42 Å². The average molecular weight is 422 g/mol. The number of aromatic amines is 1. The van der Waals surface area contributed by atoms with Gasteiger partial charge in [0, 0.05) is 6.20 Å². The second-order valence-electron chi connectivity index (χ2n) is 6.46. The molecule has 0 aliphatic heterocycles. The molecule has 0 amide bonds. The Morgan fingerprint density at radius 3 is 2.43 bits per heavy atom. The van der Waals surface area contributed by atoms with Gasteiger partial charge in [0.05, 0.1) is 46.3 Å². The van der Waals surface area contributed by atoms with Crippen LogP contribution in [0.4, 0.5) is 0 Å². The maximum atomic E-state index is 13.2. The van der Waals surface area contributed by atoms with Gasteiger partial charge in [0.1, 0.15) is 11.5 Å². The van der Waals surface area contributed by atoms with E-state index in [9.17, 15) is 13.2 Å². The maximum Gasteiger partial charge on any atom is 0.213 e. The number of carbonyl (C=O) groups is 1. The molecule has 0 bridgehead atoms. The number of methoxy groups -OCH3 is 2. The van der Waals surface area contributed by atoms with E-state index in [0.717, 1.165) is 0 Å². The number of sulfone groups is 1. The van der Waals surface area contributed by atoms with Gasteiger partial charge in [0.2, 0.25) is 15.6 Å². The van der Waals surface area contributed by atoms with Crippen LogP contribution in [-0.4, -0.2) is 38.4 Å². The van der Waals surface area contributed by atoms with Crippen molar-refractivity contribution in [1.82, 2.24) is 9.97 Å². The topological polar surface area (TPSA) is 98.3 Å². The maximum absolute atomic E-state index is 13.2. The second-order valence-corrected chi connectivity index (χ2v) is 8.38. The molecular formula is C22H18N2O5S. The molecule has 0 aliphatic carbocycles. The molecule has 2 heterocycles. The van der Waals surface area contributed by atoms with Crippen molar-refractivity contribution in [3.8, 4) is 11.5 Å². The SMILES string of the molecule is COc1ccc(OC)c(C(=O)c2cc3nccc(S(=O)(=O)c4ccccc4)c3[nH]2)c1. The van der Waals surface area contributed by atoms with Crippen molar-refractivity contribution in [2.45, 2.75) is 9.79 Å². The highest BCUT2D eigenvalue weighted by molar-refractivity contribution is 7.91. The molecule has 2 aromatic carbocycles. The van der Waals surface area contributed by atoms with Crippen LogP contribution in [-0.2, 0) is 9.84 Å². The monoisotopic (exact) mass is 422 g/mol. The van der Waals surface area contributed by atoms with E-state index < -0.39 is 9.84 Å². The Morgan fingerprint density at radius 1 is 0.967 bits per heavy atom. The van der Waals surface area contributed by atoms with Crippen LogP contribution in [0, 0.1) is 0 Å². The van der Waals surface area contributed by atoms with Crippen LogP contribution in [0.1, 0.15) is 16.1 Å². The first-order chi connectivity index (χ1) is 14.5. The number of hydrogen-bond acceptors (Lipinski definition) is 6. The molecule has 0 aliphatic rings. The standard InChI is InChI=1S/C22H18N2O5S/c1-28-14-8-9-19(29-2)16(12-14)22(25)18-13-17-21(24-18)20(10-11-23-17)30(26,27)15-6-4-3-5-7-15/h3-13,24H,1-2H3. The number of carbonyl (C=O) groups excluding carboxylic acids is 1. The second kappa shape index (κ2) is 7.64. The van der Waals surface area contributed by atoms with Crippen LogP contribution in [0.5, 0.6) is 11.5 Å². The van der Waals surface area contributed by atoms with Gasteiger partial charge >= 0.3 is 0 Å². The third-order valence-corrected chi connectivity index (χ3v) is 6.53. The van der Waals surface area contributed by atoms with Crippen molar-refractivity contribution in [3.63, 3.8) is 0 Å². The first-order valence-corrected chi connectivity index (χ1v) is 10.5. The largest absolute Gasteiger partial charge is 0.497 e. The fraction of sp³-hybridized carbons (Fsp3) is 0.0909. The van der Waals surface area contributed by atoms with Crippen molar-refractivity contribution < 1.29 is 22.7 Å². The summed E-state index contributed by atoms with van der Waals surface area (Å²) in [4.78, 5) is 20.5. The number of hydrogen-bond donors (Lipinski definition) is 1. The minimum atomic E-state index is -3.79. The number of nitrogens with one attached hydrogen (secondary N) is 1. The number of aromatic nitrogens is 2. The lowest BCUT2D eigenvalue weighted by Gasteiger charge is -2.09. The first kappa shape index (κ1) is 19.7. The van der Waals surface area contributed by atoms with Gasteiger partial charge in [-0.1, -0.05) is 18.2 Å². The van der Waals surface area contributed by atoms with Crippen LogP contribution >= 0.6 is 0 Å². The minimum Gasteiger partial charge on any atom is -0.497 e.